The molecule has 1 aromatic rings. The third-order valence-electron chi connectivity index (χ3n) is 4.17. The van der Waals surface area contributed by atoms with Crippen molar-refractivity contribution in [1.29, 1.82) is 0 Å². The number of likely N-dealkylation sites (N-methyl/N-ethyl adjacent to an activating group) is 1. The first kappa shape index (κ1) is 13.2. The summed E-state index contributed by atoms with van der Waals surface area (Å²) in [7, 11) is 2.14. The summed E-state index contributed by atoms with van der Waals surface area (Å²) in [6.45, 7) is 6.85. The largest absolute Gasteiger partial charge is 0.464 e. The molecule has 0 amide bonds. The predicted octanol–water partition coefficient (Wildman–Crippen LogP) is 1.82. The minimum atomic E-state index is 0.302. The molecule has 2 fully saturated rings. The van der Waals surface area contributed by atoms with Gasteiger partial charge < -0.3 is 19.4 Å². The highest BCUT2D eigenvalue weighted by atomic mass is 16.5. The van der Waals surface area contributed by atoms with Gasteiger partial charge in [-0.2, -0.15) is 0 Å². The van der Waals surface area contributed by atoms with E-state index in [1.54, 1.807) is 0 Å². The first-order chi connectivity index (χ1) is 9.22. The highest BCUT2D eigenvalue weighted by Gasteiger charge is 2.36. The molecule has 0 spiro atoms. The summed E-state index contributed by atoms with van der Waals surface area (Å²) in [6.07, 6.45) is 1.58. The molecule has 2 heterocycles. The molecule has 0 aromatic carbocycles. The summed E-state index contributed by atoms with van der Waals surface area (Å²) >= 11 is 0. The number of nitrogens with one attached hydrogen (secondary N) is 1. The van der Waals surface area contributed by atoms with Crippen LogP contribution in [0, 0.1) is 5.92 Å². The fraction of sp³-hybridized carbons (Fsp3) is 0.733. The van der Waals surface area contributed by atoms with Crippen molar-refractivity contribution in [1.82, 2.24) is 10.2 Å². The molecule has 1 N–H and O–H groups in total. The summed E-state index contributed by atoms with van der Waals surface area (Å²) in [5.41, 5.74) is 0. The number of hydrogen-bond acceptors (Lipinski definition) is 4. The summed E-state index contributed by atoms with van der Waals surface area (Å²) in [4.78, 5) is 2.31. The number of furan rings is 1. The Bertz CT molecular complexity index is 418. The van der Waals surface area contributed by atoms with Crippen molar-refractivity contribution in [3.05, 3.63) is 23.7 Å². The Morgan fingerprint density at radius 2 is 2.26 bits per heavy atom. The molecule has 0 radical (unpaired) electrons. The van der Waals surface area contributed by atoms with Gasteiger partial charge in [-0.1, -0.05) is 6.92 Å². The number of morpholine rings is 1. The zero-order valence-corrected chi connectivity index (χ0v) is 11.9. The van der Waals surface area contributed by atoms with Crippen molar-refractivity contribution in [3.8, 4) is 0 Å². The summed E-state index contributed by atoms with van der Waals surface area (Å²) < 4.78 is 11.6. The SMILES string of the molecule is CC1CC1c1ccc(CNCC2CN(C)CCO2)o1. The van der Waals surface area contributed by atoms with Crippen LogP contribution in [-0.2, 0) is 11.3 Å². The van der Waals surface area contributed by atoms with Crippen molar-refractivity contribution < 1.29 is 9.15 Å². The van der Waals surface area contributed by atoms with Crippen LogP contribution in [0.5, 0.6) is 0 Å². The highest BCUT2D eigenvalue weighted by molar-refractivity contribution is 5.17. The van der Waals surface area contributed by atoms with Crippen LogP contribution >= 0.6 is 0 Å². The van der Waals surface area contributed by atoms with Crippen LogP contribution in [0.1, 0.15) is 30.8 Å². The quantitative estimate of drug-likeness (QED) is 0.880. The van der Waals surface area contributed by atoms with Crippen LogP contribution in [0.25, 0.3) is 0 Å². The average Bonchev–Trinajstić information content (AvgIpc) is 2.93. The van der Waals surface area contributed by atoms with Crippen LogP contribution in [0.4, 0.5) is 0 Å². The molecule has 0 bridgehead atoms. The molecule has 2 aliphatic rings. The van der Waals surface area contributed by atoms with Gasteiger partial charge in [-0.15, -0.1) is 0 Å². The second-order valence-electron chi connectivity index (χ2n) is 6.01. The lowest BCUT2D eigenvalue weighted by atomic mass is 10.2. The topological polar surface area (TPSA) is 37.6 Å². The third kappa shape index (κ3) is 3.38. The molecule has 1 saturated carbocycles. The minimum absolute atomic E-state index is 0.302. The van der Waals surface area contributed by atoms with E-state index < -0.39 is 0 Å². The zero-order valence-electron chi connectivity index (χ0n) is 11.9. The maximum atomic E-state index is 5.87. The third-order valence-corrected chi connectivity index (χ3v) is 4.17. The van der Waals surface area contributed by atoms with E-state index in [9.17, 15) is 0 Å². The molecule has 4 nitrogen and oxygen atoms in total. The first-order valence-electron chi connectivity index (χ1n) is 7.32. The van der Waals surface area contributed by atoms with Gasteiger partial charge in [0.1, 0.15) is 11.5 Å². The molecular weight excluding hydrogens is 240 g/mol. The van der Waals surface area contributed by atoms with Gasteiger partial charge in [0.25, 0.3) is 0 Å². The molecule has 106 valence electrons. The molecular formula is C15H24N2O2. The van der Waals surface area contributed by atoms with Gasteiger partial charge in [0.2, 0.25) is 0 Å². The summed E-state index contributed by atoms with van der Waals surface area (Å²) in [5.74, 6) is 3.68. The Hall–Kier alpha value is -0.840. The number of hydrogen-bond donors (Lipinski definition) is 1. The highest BCUT2D eigenvalue weighted by Crippen LogP contribution is 2.47. The van der Waals surface area contributed by atoms with Gasteiger partial charge in [-0.05, 0) is 31.5 Å². The number of ether oxygens (including phenoxy) is 1. The van der Waals surface area contributed by atoms with Gasteiger partial charge in [0.05, 0.1) is 19.3 Å². The Kier molecular flexibility index (Phi) is 3.91. The van der Waals surface area contributed by atoms with E-state index in [0.717, 1.165) is 50.2 Å². The molecule has 1 saturated heterocycles. The number of nitrogens with zero attached hydrogens (tertiary/aromatic N) is 1. The van der Waals surface area contributed by atoms with E-state index in [2.05, 4.69) is 36.3 Å². The van der Waals surface area contributed by atoms with E-state index in [-0.39, 0.29) is 0 Å². The first-order valence-corrected chi connectivity index (χ1v) is 7.32. The van der Waals surface area contributed by atoms with Crippen molar-refractivity contribution in [3.63, 3.8) is 0 Å². The molecule has 3 atom stereocenters. The van der Waals surface area contributed by atoms with Crippen LogP contribution in [-0.4, -0.2) is 44.3 Å². The van der Waals surface area contributed by atoms with E-state index in [0.29, 0.717) is 12.0 Å². The molecule has 4 heteroatoms. The summed E-state index contributed by atoms with van der Waals surface area (Å²) in [5, 5.41) is 3.43. The molecule has 3 rings (SSSR count). The lowest BCUT2D eigenvalue weighted by Gasteiger charge is -2.30. The Morgan fingerprint density at radius 3 is 3.00 bits per heavy atom. The minimum Gasteiger partial charge on any atom is -0.464 e. The molecule has 19 heavy (non-hydrogen) atoms. The van der Waals surface area contributed by atoms with Gasteiger partial charge in [-0.25, -0.2) is 0 Å². The second kappa shape index (κ2) is 5.65. The van der Waals surface area contributed by atoms with Crippen LogP contribution in [0.3, 0.4) is 0 Å². The molecule has 1 aromatic heterocycles. The maximum absolute atomic E-state index is 5.87. The van der Waals surface area contributed by atoms with Crippen molar-refractivity contribution in [2.45, 2.75) is 31.9 Å². The second-order valence-corrected chi connectivity index (χ2v) is 6.01. The van der Waals surface area contributed by atoms with Crippen LogP contribution in [0.2, 0.25) is 0 Å². The van der Waals surface area contributed by atoms with Gasteiger partial charge >= 0.3 is 0 Å². The molecule has 1 aliphatic heterocycles. The van der Waals surface area contributed by atoms with E-state index in [1.165, 1.54) is 6.42 Å². The Balaban J connectivity index is 1.41. The van der Waals surface area contributed by atoms with Crippen molar-refractivity contribution >= 4 is 0 Å². The zero-order chi connectivity index (χ0) is 13.2. The van der Waals surface area contributed by atoms with Gasteiger partial charge in [0.15, 0.2) is 0 Å². The monoisotopic (exact) mass is 264 g/mol. The lowest BCUT2D eigenvalue weighted by Crippen LogP contribution is -2.44. The Morgan fingerprint density at radius 1 is 1.42 bits per heavy atom. The smallest absolute Gasteiger partial charge is 0.117 e. The van der Waals surface area contributed by atoms with Crippen molar-refractivity contribution in [2.75, 3.05) is 33.3 Å². The fourth-order valence-electron chi connectivity index (χ4n) is 2.75. The Labute approximate surface area is 115 Å². The van der Waals surface area contributed by atoms with Crippen LogP contribution in [0.15, 0.2) is 16.5 Å². The van der Waals surface area contributed by atoms with E-state index in [1.807, 2.05) is 0 Å². The standard InChI is InChI=1S/C15H24N2O2/c1-11-7-14(11)15-4-3-12(19-15)8-16-9-13-10-17(2)5-6-18-13/h3-4,11,13-14,16H,5-10H2,1-2H3. The lowest BCUT2D eigenvalue weighted by molar-refractivity contribution is -0.0183. The van der Waals surface area contributed by atoms with Crippen LogP contribution < -0.4 is 5.32 Å². The van der Waals surface area contributed by atoms with Gasteiger partial charge in [-0.3, -0.25) is 0 Å². The van der Waals surface area contributed by atoms with E-state index >= 15 is 0 Å². The van der Waals surface area contributed by atoms with E-state index in [4.69, 9.17) is 9.15 Å². The molecule has 3 unspecified atom stereocenters. The maximum Gasteiger partial charge on any atom is 0.117 e. The molecule has 1 aliphatic carbocycles. The average molecular weight is 264 g/mol. The number of rotatable bonds is 5. The van der Waals surface area contributed by atoms with Gasteiger partial charge in [0, 0.05) is 25.6 Å². The van der Waals surface area contributed by atoms with Crippen molar-refractivity contribution in [2.24, 2.45) is 5.92 Å². The normalized spacial score (nSPS) is 31.6. The predicted molar refractivity (Wildman–Crippen MR) is 74.2 cm³/mol. The summed E-state index contributed by atoms with van der Waals surface area (Å²) in [6, 6.07) is 4.23. The fourth-order valence-corrected chi connectivity index (χ4v) is 2.75.